The molecule has 3 aliphatic rings. The van der Waals surface area contributed by atoms with Crippen molar-refractivity contribution in [3.8, 4) is 0 Å². The molecule has 0 aromatic heterocycles. The summed E-state index contributed by atoms with van der Waals surface area (Å²) in [5.41, 5.74) is 0. The lowest BCUT2D eigenvalue weighted by Gasteiger charge is -2.37. The second-order valence-electron chi connectivity index (χ2n) is 6.40. The highest BCUT2D eigenvalue weighted by Crippen LogP contribution is 2.34. The van der Waals surface area contributed by atoms with Crippen molar-refractivity contribution >= 4 is 5.91 Å². The molecule has 4 nitrogen and oxygen atoms in total. The quantitative estimate of drug-likeness (QED) is 0.784. The number of nitrogens with one attached hydrogen (secondary N) is 1. The van der Waals surface area contributed by atoms with E-state index >= 15 is 0 Å². The largest absolute Gasteiger partial charge is 0.341 e. The van der Waals surface area contributed by atoms with E-state index in [0.717, 1.165) is 13.0 Å². The molecule has 3 heterocycles. The van der Waals surface area contributed by atoms with Gasteiger partial charge in [-0.2, -0.15) is 0 Å². The van der Waals surface area contributed by atoms with Gasteiger partial charge in [-0.25, -0.2) is 0 Å². The first kappa shape index (κ1) is 12.4. The van der Waals surface area contributed by atoms with E-state index in [0.29, 0.717) is 24.0 Å². The van der Waals surface area contributed by atoms with Crippen LogP contribution in [0, 0.1) is 5.92 Å². The molecule has 0 saturated carbocycles. The van der Waals surface area contributed by atoms with Crippen LogP contribution in [0.3, 0.4) is 0 Å². The van der Waals surface area contributed by atoms with Crippen molar-refractivity contribution < 1.29 is 4.79 Å². The van der Waals surface area contributed by atoms with E-state index in [9.17, 15) is 4.79 Å². The number of likely N-dealkylation sites (tertiary alicyclic amines) is 1. The average Bonchev–Trinajstić information content (AvgIpc) is 2.99. The summed E-state index contributed by atoms with van der Waals surface area (Å²) in [6.45, 7) is 2.21. The lowest BCUT2D eigenvalue weighted by atomic mass is 9.87. The van der Waals surface area contributed by atoms with Crippen molar-refractivity contribution in [2.24, 2.45) is 5.92 Å². The van der Waals surface area contributed by atoms with Gasteiger partial charge in [0.05, 0.1) is 5.92 Å². The maximum absolute atomic E-state index is 12.6. The van der Waals surface area contributed by atoms with Gasteiger partial charge in [0.1, 0.15) is 0 Å². The highest BCUT2D eigenvalue weighted by Gasteiger charge is 2.44. The molecule has 3 fully saturated rings. The van der Waals surface area contributed by atoms with Crippen LogP contribution in [0.4, 0.5) is 0 Å². The molecule has 2 bridgehead atoms. The van der Waals surface area contributed by atoms with Gasteiger partial charge in [0.15, 0.2) is 0 Å². The highest BCUT2D eigenvalue weighted by atomic mass is 16.2. The van der Waals surface area contributed by atoms with Crippen molar-refractivity contribution in [3.63, 3.8) is 0 Å². The Morgan fingerprint density at radius 2 is 2.17 bits per heavy atom. The number of carbonyl (C=O) groups excluding carboxylic acids is 1. The van der Waals surface area contributed by atoms with Gasteiger partial charge >= 0.3 is 0 Å². The zero-order valence-electron chi connectivity index (χ0n) is 11.6. The Balaban J connectivity index is 1.61. The Morgan fingerprint density at radius 3 is 2.78 bits per heavy atom. The average molecular weight is 251 g/mol. The summed E-state index contributed by atoms with van der Waals surface area (Å²) < 4.78 is 0. The van der Waals surface area contributed by atoms with E-state index in [2.05, 4.69) is 17.3 Å². The summed E-state index contributed by atoms with van der Waals surface area (Å²) in [7, 11) is 4.17. The van der Waals surface area contributed by atoms with E-state index in [4.69, 9.17) is 0 Å². The molecule has 4 unspecified atom stereocenters. The van der Waals surface area contributed by atoms with Crippen LogP contribution in [0.5, 0.6) is 0 Å². The Morgan fingerprint density at radius 1 is 1.33 bits per heavy atom. The molecule has 102 valence electrons. The molecule has 18 heavy (non-hydrogen) atoms. The zero-order chi connectivity index (χ0) is 12.7. The van der Waals surface area contributed by atoms with Crippen LogP contribution in [-0.2, 0) is 4.79 Å². The van der Waals surface area contributed by atoms with Crippen molar-refractivity contribution in [2.75, 3.05) is 27.2 Å². The van der Waals surface area contributed by atoms with E-state index in [1.165, 1.54) is 32.2 Å². The number of amides is 1. The van der Waals surface area contributed by atoms with Crippen molar-refractivity contribution in [3.05, 3.63) is 0 Å². The predicted molar refractivity (Wildman–Crippen MR) is 71.3 cm³/mol. The van der Waals surface area contributed by atoms with Crippen LogP contribution < -0.4 is 5.32 Å². The van der Waals surface area contributed by atoms with Crippen molar-refractivity contribution in [2.45, 2.75) is 50.2 Å². The number of carbonyl (C=O) groups is 1. The molecule has 3 saturated heterocycles. The molecule has 4 atom stereocenters. The normalized spacial score (nSPS) is 40.1. The topological polar surface area (TPSA) is 35.6 Å². The maximum atomic E-state index is 12.6. The fraction of sp³-hybridized carbons (Fsp3) is 0.929. The smallest absolute Gasteiger partial charge is 0.227 e. The Labute approximate surface area is 110 Å². The molecule has 0 aromatic rings. The number of nitrogens with zero attached hydrogens (tertiary/aromatic N) is 2. The van der Waals surface area contributed by atoms with E-state index in [1.807, 2.05) is 11.9 Å². The first-order chi connectivity index (χ1) is 8.65. The van der Waals surface area contributed by atoms with Crippen LogP contribution >= 0.6 is 0 Å². The minimum absolute atomic E-state index is 0.251. The third-order valence-electron chi connectivity index (χ3n) is 5.11. The maximum Gasteiger partial charge on any atom is 0.227 e. The number of hydrogen-bond acceptors (Lipinski definition) is 3. The molecule has 1 amide bonds. The van der Waals surface area contributed by atoms with Crippen LogP contribution in [0.15, 0.2) is 0 Å². The Hall–Kier alpha value is -0.610. The summed E-state index contributed by atoms with van der Waals surface area (Å²) in [5, 5.41) is 3.57. The lowest BCUT2D eigenvalue weighted by molar-refractivity contribution is -0.137. The molecule has 0 radical (unpaired) electrons. The summed E-state index contributed by atoms with van der Waals surface area (Å²) in [4.78, 5) is 17.0. The fourth-order valence-electron chi connectivity index (χ4n) is 3.99. The number of piperidine rings is 1. The Bertz CT molecular complexity index is 333. The predicted octanol–water partition coefficient (Wildman–Crippen LogP) is 0.680. The van der Waals surface area contributed by atoms with Gasteiger partial charge in [0, 0.05) is 31.7 Å². The summed E-state index contributed by atoms with van der Waals surface area (Å²) in [6.07, 6.45) is 5.91. The van der Waals surface area contributed by atoms with Crippen LogP contribution in [0.1, 0.15) is 32.1 Å². The van der Waals surface area contributed by atoms with E-state index in [-0.39, 0.29) is 5.92 Å². The summed E-state index contributed by atoms with van der Waals surface area (Å²) in [5.74, 6) is 0.635. The highest BCUT2D eigenvalue weighted by molar-refractivity contribution is 5.80. The van der Waals surface area contributed by atoms with Gasteiger partial charge in [-0.1, -0.05) is 0 Å². The van der Waals surface area contributed by atoms with Gasteiger partial charge in [0.25, 0.3) is 0 Å². The lowest BCUT2D eigenvalue weighted by Crippen LogP contribution is -2.50. The Kier molecular flexibility index (Phi) is 3.32. The number of fused-ring (bicyclic) bond motifs is 2. The number of rotatable bonds is 2. The van der Waals surface area contributed by atoms with E-state index < -0.39 is 0 Å². The first-order valence-corrected chi connectivity index (χ1v) is 7.36. The SMILES string of the molecule is CN1CCCC(N(C)C(=O)C2CC3CCC2N3)C1. The van der Waals surface area contributed by atoms with Gasteiger partial charge in [0.2, 0.25) is 5.91 Å². The molecule has 1 N–H and O–H groups in total. The molecule has 3 rings (SSSR count). The van der Waals surface area contributed by atoms with Crippen LogP contribution in [0.2, 0.25) is 0 Å². The summed E-state index contributed by atoms with van der Waals surface area (Å²) >= 11 is 0. The minimum atomic E-state index is 0.251. The first-order valence-electron chi connectivity index (χ1n) is 7.36. The summed E-state index contributed by atoms with van der Waals surface area (Å²) in [6, 6.07) is 1.51. The molecule has 0 spiro atoms. The van der Waals surface area contributed by atoms with Gasteiger partial charge in [-0.15, -0.1) is 0 Å². The molecule has 3 aliphatic heterocycles. The second kappa shape index (κ2) is 4.82. The number of hydrogen-bond donors (Lipinski definition) is 1. The van der Waals surface area contributed by atoms with Gasteiger partial charge in [-0.3, -0.25) is 4.79 Å². The van der Waals surface area contributed by atoms with Crippen molar-refractivity contribution in [1.29, 1.82) is 0 Å². The van der Waals surface area contributed by atoms with Crippen LogP contribution in [0.25, 0.3) is 0 Å². The third kappa shape index (κ3) is 2.16. The fourth-order valence-corrected chi connectivity index (χ4v) is 3.99. The molecule has 4 heteroatoms. The molecular weight excluding hydrogens is 226 g/mol. The van der Waals surface area contributed by atoms with E-state index in [1.54, 1.807) is 0 Å². The van der Waals surface area contributed by atoms with Crippen LogP contribution in [-0.4, -0.2) is 61.0 Å². The number of likely N-dealkylation sites (N-methyl/N-ethyl adjacent to an activating group) is 2. The standard InChI is InChI=1S/C14H25N3O/c1-16-7-3-4-11(9-16)17(2)14(18)12-8-10-5-6-13(12)15-10/h10-13,15H,3-9H2,1-2H3. The second-order valence-corrected chi connectivity index (χ2v) is 6.40. The molecule has 0 aliphatic carbocycles. The van der Waals surface area contributed by atoms with Gasteiger partial charge in [-0.05, 0) is 45.7 Å². The zero-order valence-corrected chi connectivity index (χ0v) is 11.6. The monoisotopic (exact) mass is 251 g/mol. The third-order valence-corrected chi connectivity index (χ3v) is 5.11. The molecule has 0 aromatic carbocycles. The van der Waals surface area contributed by atoms with Crippen molar-refractivity contribution in [1.82, 2.24) is 15.1 Å². The van der Waals surface area contributed by atoms with Gasteiger partial charge < -0.3 is 15.1 Å². The molecular formula is C14H25N3O. The minimum Gasteiger partial charge on any atom is -0.341 e.